The number of benzene rings is 2. The number of fused-ring (bicyclic) bond motifs is 1. The van der Waals surface area contributed by atoms with Crippen molar-refractivity contribution in [2.45, 2.75) is 19.6 Å². The molecule has 0 aliphatic heterocycles. The van der Waals surface area contributed by atoms with Crippen molar-refractivity contribution in [1.29, 1.82) is 0 Å². The molecule has 2 rings (SSSR count). The average Bonchev–Trinajstić information content (AvgIpc) is 2.42. The Kier molecular flexibility index (Phi) is 4.77. The maximum atomic E-state index is 5.98. The summed E-state index contributed by atoms with van der Waals surface area (Å²) in [6.07, 6.45) is 0.0433. The molecule has 0 aliphatic carbocycles. The molecular formula is C16H21NO2. The van der Waals surface area contributed by atoms with E-state index in [0.29, 0.717) is 6.61 Å². The van der Waals surface area contributed by atoms with E-state index < -0.39 is 0 Å². The van der Waals surface area contributed by atoms with Crippen LogP contribution in [0, 0.1) is 0 Å². The van der Waals surface area contributed by atoms with Gasteiger partial charge in [0, 0.05) is 19.2 Å². The molecule has 0 fully saturated rings. The van der Waals surface area contributed by atoms with Gasteiger partial charge in [-0.15, -0.1) is 0 Å². The van der Waals surface area contributed by atoms with E-state index in [9.17, 15) is 0 Å². The van der Waals surface area contributed by atoms with Crippen molar-refractivity contribution in [3.8, 4) is 5.75 Å². The lowest BCUT2D eigenvalue weighted by atomic mass is 10.0. The standard InChI is InChI=1S/C16H21NO2/c1-12(11-18-3)19-16-9-8-13-6-4-5-7-14(13)15(16)10-17-2/h4-9,12,17H,10-11H2,1-3H3. The largest absolute Gasteiger partial charge is 0.488 e. The maximum absolute atomic E-state index is 5.98. The van der Waals surface area contributed by atoms with Crippen molar-refractivity contribution in [1.82, 2.24) is 5.32 Å². The minimum Gasteiger partial charge on any atom is -0.488 e. The summed E-state index contributed by atoms with van der Waals surface area (Å²) < 4.78 is 11.1. The highest BCUT2D eigenvalue weighted by Crippen LogP contribution is 2.28. The van der Waals surface area contributed by atoms with Gasteiger partial charge in [0.2, 0.25) is 0 Å². The molecule has 0 heterocycles. The molecule has 3 heteroatoms. The summed E-state index contributed by atoms with van der Waals surface area (Å²) in [5, 5.41) is 5.68. The van der Waals surface area contributed by atoms with Gasteiger partial charge in [-0.2, -0.15) is 0 Å². The lowest BCUT2D eigenvalue weighted by molar-refractivity contribution is 0.0915. The van der Waals surface area contributed by atoms with Crippen LogP contribution >= 0.6 is 0 Å². The molecular weight excluding hydrogens is 238 g/mol. The second-order valence-electron chi connectivity index (χ2n) is 4.68. The molecule has 2 aromatic rings. The van der Waals surface area contributed by atoms with Crippen molar-refractivity contribution in [2.24, 2.45) is 0 Å². The maximum Gasteiger partial charge on any atom is 0.124 e. The van der Waals surface area contributed by atoms with Gasteiger partial charge in [-0.1, -0.05) is 30.3 Å². The summed E-state index contributed by atoms with van der Waals surface area (Å²) in [7, 11) is 3.64. The normalized spacial score (nSPS) is 12.6. The monoisotopic (exact) mass is 259 g/mol. The molecule has 0 radical (unpaired) electrons. The second kappa shape index (κ2) is 6.55. The lowest BCUT2D eigenvalue weighted by Crippen LogP contribution is -2.19. The topological polar surface area (TPSA) is 30.5 Å². The molecule has 1 atom stereocenters. The Balaban J connectivity index is 2.39. The molecule has 0 amide bonds. The Bertz CT molecular complexity index is 539. The molecule has 19 heavy (non-hydrogen) atoms. The van der Waals surface area contributed by atoms with E-state index in [-0.39, 0.29) is 6.10 Å². The van der Waals surface area contributed by atoms with Crippen LogP contribution < -0.4 is 10.1 Å². The zero-order valence-electron chi connectivity index (χ0n) is 11.8. The van der Waals surface area contributed by atoms with Crippen LogP contribution in [0.1, 0.15) is 12.5 Å². The first kappa shape index (κ1) is 13.8. The highest BCUT2D eigenvalue weighted by atomic mass is 16.5. The molecule has 102 valence electrons. The van der Waals surface area contributed by atoms with Crippen LogP contribution in [0.15, 0.2) is 36.4 Å². The Morgan fingerprint density at radius 3 is 2.68 bits per heavy atom. The Morgan fingerprint density at radius 2 is 1.95 bits per heavy atom. The summed E-state index contributed by atoms with van der Waals surface area (Å²) >= 11 is 0. The fourth-order valence-electron chi connectivity index (χ4n) is 2.27. The first-order valence-corrected chi connectivity index (χ1v) is 6.57. The molecule has 0 aromatic heterocycles. The summed E-state index contributed by atoms with van der Waals surface area (Å²) in [6, 6.07) is 12.5. The van der Waals surface area contributed by atoms with Gasteiger partial charge in [0.05, 0.1) is 6.61 Å². The molecule has 1 unspecified atom stereocenters. The van der Waals surface area contributed by atoms with Crippen LogP contribution in [0.3, 0.4) is 0 Å². The third-order valence-electron chi connectivity index (χ3n) is 3.08. The van der Waals surface area contributed by atoms with E-state index >= 15 is 0 Å². The Labute approximate surface area is 114 Å². The van der Waals surface area contributed by atoms with Crippen LogP contribution in [0.4, 0.5) is 0 Å². The highest BCUT2D eigenvalue weighted by molar-refractivity contribution is 5.87. The zero-order valence-corrected chi connectivity index (χ0v) is 11.8. The van der Waals surface area contributed by atoms with Crippen molar-refractivity contribution in [3.63, 3.8) is 0 Å². The van der Waals surface area contributed by atoms with Crippen molar-refractivity contribution < 1.29 is 9.47 Å². The second-order valence-corrected chi connectivity index (χ2v) is 4.68. The number of methoxy groups -OCH3 is 1. The van der Waals surface area contributed by atoms with Crippen LogP contribution in [0.25, 0.3) is 10.8 Å². The van der Waals surface area contributed by atoms with E-state index in [4.69, 9.17) is 9.47 Å². The molecule has 2 aromatic carbocycles. The molecule has 0 saturated carbocycles. The van der Waals surface area contributed by atoms with Gasteiger partial charge in [-0.3, -0.25) is 0 Å². The van der Waals surface area contributed by atoms with Crippen molar-refractivity contribution in [2.75, 3.05) is 20.8 Å². The van der Waals surface area contributed by atoms with E-state index in [1.807, 2.05) is 20.0 Å². The van der Waals surface area contributed by atoms with Crippen molar-refractivity contribution >= 4 is 10.8 Å². The van der Waals surface area contributed by atoms with Gasteiger partial charge >= 0.3 is 0 Å². The molecule has 1 N–H and O–H groups in total. The van der Waals surface area contributed by atoms with Crippen molar-refractivity contribution in [3.05, 3.63) is 42.0 Å². The fraction of sp³-hybridized carbons (Fsp3) is 0.375. The Hall–Kier alpha value is -1.58. The molecule has 0 spiro atoms. The fourth-order valence-corrected chi connectivity index (χ4v) is 2.27. The van der Waals surface area contributed by atoms with Gasteiger partial charge in [0.25, 0.3) is 0 Å². The molecule has 0 aliphatic rings. The van der Waals surface area contributed by atoms with Crippen LogP contribution in [0.5, 0.6) is 5.75 Å². The number of hydrogen-bond acceptors (Lipinski definition) is 3. The van der Waals surface area contributed by atoms with E-state index in [1.165, 1.54) is 16.3 Å². The van der Waals surface area contributed by atoms with Crippen LogP contribution in [-0.4, -0.2) is 26.9 Å². The first-order valence-electron chi connectivity index (χ1n) is 6.57. The highest BCUT2D eigenvalue weighted by Gasteiger charge is 2.11. The predicted octanol–water partition coefficient (Wildman–Crippen LogP) is 2.97. The zero-order chi connectivity index (χ0) is 13.7. The summed E-state index contributed by atoms with van der Waals surface area (Å²) in [6.45, 7) is 3.39. The average molecular weight is 259 g/mol. The quantitative estimate of drug-likeness (QED) is 0.865. The number of rotatable bonds is 6. The third kappa shape index (κ3) is 3.25. The SMILES string of the molecule is CNCc1c(OC(C)COC)ccc2ccccc12. The van der Waals surface area contributed by atoms with E-state index in [2.05, 4.69) is 35.6 Å². The van der Waals surface area contributed by atoms with Gasteiger partial charge in [-0.25, -0.2) is 0 Å². The number of nitrogens with one attached hydrogen (secondary N) is 1. The minimum absolute atomic E-state index is 0.0433. The smallest absolute Gasteiger partial charge is 0.124 e. The molecule has 3 nitrogen and oxygen atoms in total. The third-order valence-corrected chi connectivity index (χ3v) is 3.08. The van der Waals surface area contributed by atoms with Gasteiger partial charge in [-0.05, 0) is 30.8 Å². The van der Waals surface area contributed by atoms with Crippen LogP contribution in [0.2, 0.25) is 0 Å². The van der Waals surface area contributed by atoms with E-state index in [0.717, 1.165) is 12.3 Å². The molecule has 0 saturated heterocycles. The van der Waals surface area contributed by atoms with Gasteiger partial charge < -0.3 is 14.8 Å². The predicted molar refractivity (Wildman–Crippen MR) is 78.7 cm³/mol. The minimum atomic E-state index is 0.0433. The lowest BCUT2D eigenvalue weighted by Gasteiger charge is -2.18. The summed E-state index contributed by atoms with van der Waals surface area (Å²) in [4.78, 5) is 0. The summed E-state index contributed by atoms with van der Waals surface area (Å²) in [5.41, 5.74) is 1.20. The number of hydrogen-bond donors (Lipinski definition) is 1. The molecule has 0 bridgehead atoms. The number of ether oxygens (including phenoxy) is 2. The first-order chi connectivity index (χ1) is 9.26. The Morgan fingerprint density at radius 1 is 1.16 bits per heavy atom. The van der Waals surface area contributed by atoms with E-state index in [1.54, 1.807) is 7.11 Å². The van der Waals surface area contributed by atoms with Crippen LogP contribution in [-0.2, 0) is 11.3 Å². The van der Waals surface area contributed by atoms with Gasteiger partial charge in [0.1, 0.15) is 11.9 Å². The summed E-state index contributed by atoms with van der Waals surface area (Å²) in [5.74, 6) is 0.928. The van der Waals surface area contributed by atoms with Gasteiger partial charge in [0.15, 0.2) is 0 Å².